The molecule has 3 heterocycles. The first-order valence-electron chi connectivity index (χ1n) is 8.32. The van der Waals surface area contributed by atoms with Gasteiger partial charge in [0.25, 0.3) is 5.91 Å². The van der Waals surface area contributed by atoms with E-state index in [0.29, 0.717) is 18.1 Å². The fraction of sp³-hybridized carbons (Fsp3) is 0.625. The summed E-state index contributed by atoms with van der Waals surface area (Å²) in [6.07, 6.45) is 2.93. The van der Waals surface area contributed by atoms with Gasteiger partial charge in [0.05, 0.1) is 13.2 Å². The molecule has 130 valence electrons. The van der Waals surface area contributed by atoms with Gasteiger partial charge in [-0.05, 0) is 19.3 Å². The number of H-pyrrole nitrogens is 1. The molecule has 1 unspecified atom stereocenters. The quantitative estimate of drug-likeness (QED) is 0.925. The number of hydrogen-bond acceptors (Lipinski definition) is 5. The third-order valence-corrected chi connectivity index (χ3v) is 4.38. The lowest BCUT2D eigenvalue weighted by atomic mass is 10.0. The number of piperidine rings is 1. The molecule has 8 nitrogen and oxygen atoms in total. The van der Waals surface area contributed by atoms with E-state index in [4.69, 9.17) is 4.74 Å². The van der Waals surface area contributed by atoms with E-state index in [2.05, 4.69) is 34.1 Å². The Kier molecular flexibility index (Phi) is 4.55. The molecule has 0 radical (unpaired) electrons. The number of carbonyl (C=O) groups excluding carboxylic acids is 1. The highest BCUT2D eigenvalue weighted by atomic mass is 16.5. The van der Waals surface area contributed by atoms with Gasteiger partial charge < -0.3 is 9.64 Å². The van der Waals surface area contributed by atoms with Crippen molar-refractivity contribution in [3.8, 4) is 5.88 Å². The maximum atomic E-state index is 12.9. The van der Waals surface area contributed by atoms with E-state index in [9.17, 15) is 4.79 Å². The SMILES string of the molecule is COc1cc(C(=O)N2CCCCC2c2nc(C(C)C)n[nH]2)nn1C. The number of aryl methyl sites for hydroxylation is 1. The largest absolute Gasteiger partial charge is 0.481 e. The van der Waals surface area contributed by atoms with Crippen LogP contribution >= 0.6 is 0 Å². The standard InChI is InChI=1S/C16H24N6O2/c1-10(2)14-17-15(19-18-14)12-7-5-6-8-22(12)16(23)11-9-13(24-4)21(3)20-11/h9-10,12H,5-8H2,1-4H3,(H,17,18,19). The van der Waals surface area contributed by atoms with E-state index in [1.807, 2.05) is 4.90 Å². The number of carbonyl (C=O) groups is 1. The zero-order chi connectivity index (χ0) is 17.3. The molecule has 1 N–H and O–H groups in total. The normalized spacial score (nSPS) is 18.2. The summed E-state index contributed by atoms with van der Waals surface area (Å²) in [5.74, 6) is 2.26. The lowest BCUT2D eigenvalue weighted by Gasteiger charge is -2.33. The van der Waals surface area contributed by atoms with Gasteiger partial charge in [-0.2, -0.15) is 10.2 Å². The third kappa shape index (κ3) is 3.00. The molecule has 1 atom stereocenters. The number of aromatic amines is 1. The van der Waals surface area contributed by atoms with E-state index >= 15 is 0 Å². The monoisotopic (exact) mass is 332 g/mol. The topological polar surface area (TPSA) is 88.9 Å². The number of aromatic nitrogens is 5. The maximum Gasteiger partial charge on any atom is 0.275 e. The van der Waals surface area contributed by atoms with Crippen molar-refractivity contribution in [3.05, 3.63) is 23.4 Å². The van der Waals surface area contributed by atoms with Gasteiger partial charge >= 0.3 is 0 Å². The molecule has 0 spiro atoms. The number of hydrogen-bond donors (Lipinski definition) is 1. The van der Waals surface area contributed by atoms with Crippen LogP contribution in [0.5, 0.6) is 5.88 Å². The first kappa shape index (κ1) is 16.5. The van der Waals surface area contributed by atoms with E-state index < -0.39 is 0 Å². The van der Waals surface area contributed by atoms with Crippen LogP contribution in [0, 0.1) is 0 Å². The lowest BCUT2D eigenvalue weighted by molar-refractivity contribution is 0.0593. The first-order chi connectivity index (χ1) is 11.5. The number of rotatable bonds is 4. The summed E-state index contributed by atoms with van der Waals surface area (Å²) in [6, 6.07) is 1.59. The van der Waals surface area contributed by atoms with Gasteiger partial charge in [-0.25, -0.2) is 9.67 Å². The lowest BCUT2D eigenvalue weighted by Crippen LogP contribution is -2.39. The summed E-state index contributed by atoms with van der Waals surface area (Å²) in [7, 11) is 3.32. The number of nitrogens with zero attached hydrogens (tertiary/aromatic N) is 5. The summed E-state index contributed by atoms with van der Waals surface area (Å²) >= 11 is 0. The second-order valence-electron chi connectivity index (χ2n) is 6.44. The van der Waals surface area contributed by atoms with Crippen LogP contribution in [0.2, 0.25) is 0 Å². The van der Waals surface area contributed by atoms with Crippen molar-refractivity contribution >= 4 is 5.91 Å². The molecule has 1 aliphatic rings. The minimum atomic E-state index is -0.0962. The average molecular weight is 332 g/mol. The predicted octanol–water partition coefficient (Wildman–Crippen LogP) is 2.04. The van der Waals surface area contributed by atoms with Gasteiger partial charge in [0.2, 0.25) is 5.88 Å². The Morgan fingerprint density at radius 3 is 2.83 bits per heavy atom. The van der Waals surface area contributed by atoms with Crippen molar-refractivity contribution in [1.82, 2.24) is 29.9 Å². The Morgan fingerprint density at radius 1 is 1.42 bits per heavy atom. The summed E-state index contributed by atoms with van der Waals surface area (Å²) in [5, 5.41) is 11.6. The predicted molar refractivity (Wildman–Crippen MR) is 87.9 cm³/mol. The van der Waals surface area contributed by atoms with Crippen LogP contribution in [0.1, 0.15) is 67.2 Å². The van der Waals surface area contributed by atoms with Crippen LogP contribution in [-0.2, 0) is 7.05 Å². The Hall–Kier alpha value is -2.38. The molecule has 1 amide bonds. The Bertz CT molecular complexity index is 720. The van der Waals surface area contributed by atoms with Crippen LogP contribution in [0.25, 0.3) is 0 Å². The highest BCUT2D eigenvalue weighted by Gasteiger charge is 2.32. The molecule has 8 heteroatoms. The highest BCUT2D eigenvalue weighted by Crippen LogP contribution is 2.31. The van der Waals surface area contributed by atoms with Crippen LogP contribution in [-0.4, -0.2) is 49.4 Å². The number of likely N-dealkylation sites (tertiary alicyclic amines) is 1. The van der Waals surface area contributed by atoms with Gasteiger partial charge in [0, 0.05) is 25.6 Å². The summed E-state index contributed by atoms with van der Waals surface area (Å²) in [5.41, 5.74) is 0.393. The first-order valence-corrected chi connectivity index (χ1v) is 8.32. The van der Waals surface area contributed by atoms with Crippen LogP contribution in [0.4, 0.5) is 0 Å². The highest BCUT2D eigenvalue weighted by molar-refractivity contribution is 5.93. The fourth-order valence-corrected chi connectivity index (χ4v) is 3.05. The molecule has 0 bridgehead atoms. The number of amides is 1. The molecular weight excluding hydrogens is 308 g/mol. The Balaban J connectivity index is 1.86. The van der Waals surface area contributed by atoms with Crippen molar-refractivity contribution in [2.45, 2.75) is 45.1 Å². The Morgan fingerprint density at radius 2 is 2.21 bits per heavy atom. The van der Waals surface area contributed by atoms with E-state index in [0.717, 1.165) is 30.9 Å². The van der Waals surface area contributed by atoms with Crippen molar-refractivity contribution in [3.63, 3.8) is 0 Å². The molecule has 0 saturated carbocycles. The molecule has 1 aliphatic heterocycles. The van der Waals surface area contributed by atoms with Gasteiger partial charge in [0.1, 0.15) is 5.82 Å². The van der Waals surface area contributed by atoms with Crippen molar-refractivity contribution < 1.29 is 9.53 Å². The summed E-state index contributed by atoms with van der Waals surface area (Å²) in [6.45, 7) is 4.80. The van der Waals surface area contributed by atoms with Crippen LogP contribution < -0.4 is 4.74 Å². The van der Waals surface area contributed by atoms with Gasteiger partial charge in [-0.15, -0.1) is 0 Å². The van der Waals surface area contributed by atoms with E-state index in [1.54, 1.807) is 24.9 Å². The van der Waals surface area contributed by atoms with Gasteiger partial charge in [-0.1, -0.05) is 13.8 Å². The summed E-state index contributed by atoms with van der Waals surface area (Å²) < 4.78 is 6.77. The van der Waals surface area contributed by atoms with Gasteiger partial charge in [0.15, 0.2) is 11.5 Å². The molecule has 1 fully saturated rings. The molecule has 24 heavy (non-hydrogen) atoms. The second kappa shape index (κ2) is 6.62. The second-order valence-corrected chi connectivity index (χ2v) is 6.44. The molecule has 3 rings (SSSR count). The van der Waals surface area contributed by atoms with Crippen molar-refractivity contribution in [1.29, 1.82) is 0 Å². The van der Waals surface area contributed by atoms with Crippen molar-refractivity contribution in [2.24, 2.45) is 7.05 Å². The van der Waals surface area contributed by atoms with Crippen LogP contribution in [0.3, 0.4) is 0 Å². The number of nitrogens with one attached hydrogen (secondary N) is 1. The Labute approximate surface area is 141 Å². The number of ether oxygens (including phenoxy) is 1. The minimum Gasteiger partial charge on any atom is -0.481 e. The zero-order valence-electron chi connectivity index (χ0n) is 14.6. The van der Waals surface area contributed by atoms with Crippen molar-refractivity contribution in [2.75, 3.05) is 13.7 Å². The third-order valence-electron chi connectivity index (χ3n) is 4.38. The van der Waals surface area contributed by atoms with E-state index in [-0.39, 0.29) is 17.9 Å². The minimum absolute atomic E-state index is 0.0840. The average Bonchev–Trinajstić information content (AvgIpc) is 3.21. The number of methoxy groups -OCH3 is 1. The smallest absolute Gasteiger partial charge is 0.275 e. The molecule has 0 aromatic carbocycles. The molecule has 1 saturated heterocycles. The van der Waals surface area contributed by atoms with Crippen LogP contribution in [0.15, 0.2) is 6.07 Å². The molecule has 2 aromatic heterocycles. The molecule has 0 aliphatic carbocycles. The summed E-state index contributed by atoms with van der Waals surface area (Å²) in [4.78, 5) is 19.4. The van der Waals surface area contributed by atoms with E-state index in [1.165, 1.54) is 0 Å². The zero-order valence-corrected chi connectivity index (χ0v) is 14.6. The molecular formula is C16H24N6O2. The maximum absolute atomic E-state index is 12.9. The van der Waals surface area contributed by atoms with Gasteiger partial charge in [-0.3, -0.25) is 9.89 Å². The fourth-order valence-electron chi connectivity index (χ4n) is 3.05. The molecule has 2 aromatic rings.